The van der Waals surface area contributed by atoms with Crippen molar-refractivity contribution >= 4 is 26.4 Å². The van der Waals surface area contributed by atoms with Crippen LogP contribution in [0.25, 0.3) is 12.2 Å². The first kappa shape index (κ1) is 25.1. The van der Waals surface area contributed by atoms with Crippen molar-refractivity contribution in [2.45, 2.75) is 72.2 Å². The van der Waals surface area contributed by atoms with Crippen molar-refractivity contribution in [2.24, 2.45) is 0 Å². The summed E-state index contributed by atoms with van der Waals surface area (Å²) in [4.78, 5) is 11.8. The molecule has 0 aliphatic heterocycles. The zero-order valence-corrected chi connectivity index (χ0v) is 21.4. The summed E-state index contributed by atoms with van der Waals surface area (Å²) in [6.07, 6.45) is 4.18. The van der Waals surface area contributed by atoms with Crippen LogP contribution in [0.4, 0.5) is 0 Å². The molecule has 0 saturated carbocycles. The van der Waals surface area contributed by atoms with Crippen molar-refractivity contribution in [3.63, 3.8) is 0 Å². The van der Waals surface area contributed by atoms with Gasteiger partial charge in [-0.15, -0.1) is 0 Å². The van der Waals surface area contributed by atoms with E-state index in [9.17, 15) is 4.79 Å². The molecule has 0 aliphatic carbocycles. The first-order valence-electron chi connectivity index (χ1n) is 11.2. The van der Waals surface area contributed by atoms with Gasteiger partial charge in [0.2, 0.25) is 0 Å². The Kier molecular flexibility index (Phi) is 8.44. The molecule has 0 amide bonds. The Morgan fingerprint density at radius 2 is 1.58 bits per heavy atom. The maximum absolute atomic E-state index is 11.8. The lowest BCUT2D eigenvalue weighted by molar-refractivity contribution is 0.0526. The smallest absolute Gasteiger partial charge is 0.338 e. The van der Waals surface area contributed by atoms with Gasteiger partial charge in [0.05, 0.1) is 18.8 Å². The van der Waals surface area contributed by atoms with E-state index in [0.717, 1.165) is 11.1 Å². The highest BCUT2D eigenvalue weighted by Gasteiger charge is 2.37. The van der Waals surface area contributed by atoms with Crippen molar-refractivity contribution in [1.29, 1.82) is 0 Å². The highest BCUT2D eigenvalue weighted by atomic mass is 28.4. The second kappa shape index (κ2) is 10.4. The van der Waals surface area contributed by atoms with Crippen LogP contribution in [-0.4, -0.2) is 20.9 Å². The molecule has 0 radical (unpaired) electrons. The number of carbonyl (C=O) groups excluding carboxylic acids is 1. The number of benzene rings is 2. The standard InChI is InChI=1S/C27H38O3Si/c1-9-29-26(28)23-15-12-21(13-16-23)10-11-22-14-17-24(25(18-22)20(2)3)19-30-31(7,8)27(4,5)6/h10-18,20H,9,19H2,1-8H3. The lowest BCUT2D eigenvalue weighted by atomic mass is 9.95. The molecule has 3 nitrogen and oxygen atoms in total. The molecule has 2 rings (SSSR count). The zero-order chi connectivity index (χ0) is 23.2. The van der Waals surface area contributed by atoms with E-state index in [2.05, 4.69) is 78.1 Å². The Labute approximate surface area is 189 Å². The SMILES string of the molecule is CCOC(=O)c1ccc(C=Cc2ccc(CO[Si](C)(C)C(C)(C)C)c(C(C)C)c2)cc1. The fourth-order valence-electron chi connectivity index (χ4n) is 3.00. The lowest BCUT2D eigenvalue weighted by Crippen LogP contribution is -2.40. The highest BCUT2D eigenvalue weighted by molar-refractivity contribution is 6.74. The highest BCUT2D eigenvalue weighted by Crippen LogP contribution is 2.37. The molecular formula is C27H38O3Si. The van der Waals surface area contributed by atoms with Crippen molar-refractivity contribution < 1.29 is 14.0 Å². The Morgan fingerprint density at radius 3 is 2.13 bits per heavy atom. The van der Waals surface area contributed by atoms with Gasteiger partial charge in [0.25, 0.3) is 0 Å². The van der Waals surface area contributed by atoms with E-state index in [1.807, 2.05) is 19.1 Å². The molecule has 0 aliphatic rings. The second-order valence-electron chi connectivity index (χ2n) is 9.84. The van der Waals surface area contributed by atoms with Gasteiger partial charge in [0.1, 0.15) is 0 Å². The Hall–Kier alpha value is -2.17. The lowest BCUT2D eigenvalue weighted by Gasteiger charge is -2.36. The van der Waals surface area contributed by atoms with Gasteiger partial charge < -0.3 is 9.16 Å². The maximum Gasteiger partial charge on any atom is 0.338 e. The van der Waals surface area contributed by atoms with Gasteiger partial charge in [0.15, 0.2) is 8.32 Å². The van der Waals surface area contributed by atoms with E-state index in [0.29, 0.717) is 24.7 Å². The molecule has 0 aromatic heterocycles. The Morgan fingerprint density at radius 1 is 1.00 bits per heavy atom. The van der Waals surface area contributed by atoms with Crippen LogP contribution in [0.3, 0.4) is 0 Å². The van der Waals surface area contributed by atoms with Crippen LogP contribution >= 0.6 is 0 Å². The summed E-state index contributed by atoms with van der Waals surface area (Å²) in [6.45, 7) is 18.7. The largest absolute Gasteiger partial charge is 0.462 e. The van der Waals surface area contributed by atoms with Crippen LogP contribution in [0.2, 0.25) is 18.1 Å². The molecule has 0 saturated heterocycles. The van der Waals surface area contributed by atoms with E-state index in [1.54, 1.807) is 12.1 Å². The van der Waals surface area contributed by atoms with E-state index in [1.165, 1.54) is 11.1 Å². The molecular weight excluding hydrogens is 400 g/mol. The quantitative estimate of drug-likeness (QED) is 0.241. The summed E-state index contributed by atoms with van der Waals surface area (Å²) in [6, 6.07) is 14.1. The third-order valence-corrected chi connectivity index (χ3v) is 10.6. The Bertz CT molecular complexity index is 903. The topological polar surface area (TPSA) is 35.5 Å². The van der Waals surface area contributed by atoms with Crippen LogP contribution in [0, 0.1) is 0 Å². The van der Waals surface area contributed by atoms with Crippen LogP contribution in [0.1, 0.15) is 80.1 Å². The van der Waals surface area contributed by atoms with Crippen molar-refractivity contribution in [3.8, 4) is 0 Å². The molecule has 0 heterocycles. The molecule has 0 fully saturated rings. The second-order valence-corrected chi connectivity index (χ2v) is 14.6. The van der Waals surface area contributed by atoms with Gasteiger partial charge in [-0.05, 0) is 65.4 Å². The molecule has 0 unspecified atom stereocenters. The molecule has 4 heteroatoms. The van der Waals surface area contributed by atoms with Crippen molar-refractivity contribution in [1.82, 2.24) is 0 Å². The maximum atomic E-state index is 11.8. The summed E-state index contributed by atoms with van der Waals surface area (Å²) in [5, 5.41) is 0.205. The molecule has 2 aromatic carbocycles. The van der Waals surface area contributed by atoms with E-state index >= 15 is 0 Å². The predicted molar refractivity (Wildman–Crippen MR) is 134 cm³/mol. The summed E-state index contributed by atoms with van der Waals surface area (Å²) in [7, 11) is -1.78. The van der Waals surface area contributed by atoms with E-state index in [-0.39, 0.29) is 11.0 Å². The summed E-state index contributed by atoms with van der Waals surface area (Å²) >= 11 is 0. The van der Waals surface area contributed by atoms with Gasteiger partial charge in [-0.2, -0.15) is 0 Å². The van der Waals surface area contributed by atoms with Gasteiger partial charge >= 0.3 is 5.97 Å². The third-order valence-electron chi connectivity index (χ3n) is 6.08. The van der Waals surface area contributed by atoms with E-state index in [4.69, 9.17) is 9.16 Å². The molecule has 0 atom stereocenters. The third kappa shape index (κ3) is 6.91. The number of esters is 1. The fraction of sp³-hybridized carbons (Fsp3) is 0.444. The number of rotatable bonds is 8. The van der Waals surface area contributed by atoms with Crippen LogP contribution in [0.15, 0.2) is 42.5 Å². The zero-order valence-electron chi connectivity index (χ0n) is 20.4. The minimum absolute atomic E-state index is 0.205. The van der Waals surface area contributed by atoms with E-state index < -0.39 is 8.32 Å². The van der Waals surface area contributed by atoms with Gasteiger partial charge in [-0.3, -0.25) is 0 Å². The summed E-state index contributed by atoms with van der Waals surface area (Å²) in [5.41, 5.74) is 5.39. The molecule has 0 bridgehead atoms. The Balaban J connectivity index is 2.16. The van der Waals surface area contributed by atoms with Crippen molar-refractivity contribution in [2.75, 3.05) is 6.61 Å². The molecule has 0 N–H and O–H groups in total. The monoisotopic (exact) mass is 438 g/mol. The minimum atomic E-state index is -1.78. The first-order chi connectivity index (χ1) is 14.4. The van der Waals surface area contributed by atoms with Crippen LogP contribution < -0.4 is 0 Å². The summed E-state index contributed by atoms with van der Waals surface area (Å²) < 4.78 is 11.5. The number of carbonyl (C=O) groups is 1. The average Bonchev–Trinajstić information content (AvgIpc) is 2.70. The van der Waals surface area contributed by atoms with Crippen LogP contribution in [0.5, 0.6) is 0 Å². The number of hydrogen-bond donors (Lipinski definition) is 0. The van der Waals surface area contributed by atoms with Gasteiger partial charge in [-0.1, -0.05) is 77.1 Å². The first-order valence-corrected chi connectivity index (χ1v) is 14.1. The minimum Gasteiger partial charge on any atom is -0.462 e. The number of ether oxygens (including phenoxy) is 1. The fourth-order valence-corrected chi connectivity index (χ4v) is 3.95. The summed E-state index contributed by atoms with van der Waals surface area (Å²) in [5.74, 6) is 0.144. The molecule has 0 spiro atoms. The van der Waals surface area contributed by atoms with Crippen molar-refractivity contribution in [3.05, 3.63) is 70.3 Å². The van der Waals surface area contributed by atoms with Gasteiger partial charge in [-0.25, -0.2) is 4.79 Å². The number of hydrogen-bond acceptors (Lipinski definition) is 3. The average molecular weight is 439 g/mol. The normalized spacial score (nSPS) is 12.5. The molecule has 2 aromatic rings. The van der Waals surface area contributed by atoms with Gasteiger partial charge in [0, 0.05) is 0 Å². The molecule has 31 heavy (non-hydrogen) atoms. The molecule has 168 valence electrons. The predicted octanol–water partition coefficient (Wildman–Crippen LogP) is 7.68. The van der Waals surface area contributed by atoms with Crippen LogP contribution in [-0.2, 0) is 15.8 Å².